The molecular formula is C15H19F2N3O. The minimum atomic E-state index is -2.59. The van der Waals surface area contributed by atoms with Gasteiger partial charge in [-0.25, -0.2) is 18.7 Å². The highest BCUT2D eigenvalue weighted by Crippen LogP contribution is 2.39. The average molecular weight is 295 g/mol. The second kappa shape index (κ2) is 5.66. The lowest BCUT2D eigenvalue weighted by Gasteiger charge is -2.32. The topological polar surface area (TPSA) is 46.1 Å². The molecule has 1 atom stereocenters. The molecule has 2 aliphatic rings. The van der Waals surface area contributed by atoms with E-state index >= 15 is 0 Å². The van der Waals surface area contributed by atoms with E-state index in [9.17, 15) is 13.6 Å². The molecule has 21 heavy (non-hydrogen) atoms. The van der Waals surface area contributed by atoms with Crippen molar-refractivity contribution in [1.29, 1.82) is 0 Å². The van der Waals surface area contributed by atoms with Crippen LogP contribution in [0.4, 0.5) is 8.78 Å². The number of nitrogens with zero attached hydrogens (tertiary/aromatic N) is 3. The van der Waals surface area contributed by atoms with Gasteiger partial charge in [0.15, 0.2) is 0 Å². The summed E-state index contributed by atoms with van der Waals surface area (Å²) in [6, 6.07) is 1.80. The van der Waals surface area contributed by atoms with Gasteiger partial charge in [0.05, 0.1) is 11.7 Å². The van der Waals surface area contributed by atoms with Gasteiger partial charge in [0.1, 0.15) is 6.33 Å². The number of aromatic nitrogens is 2. The zero-order valence-electron chi connectivity index (χ0n) is 11.8. The molecule has 0 radical (unpaired) electrons. The monoisotopic (exact) mass is 295 g/mol. The van der Waals surface area contributed by atoms with Crippen molar-refractivity contribution in [2.45, 2.75) is 50.5 Å². The first-order valence-electron chi connectivity index (χ1n) is 7.51. The minimum absolute atomic E-state index is 0.0200. The summed E-state index contributed by atoms with van der Waals surface area (Å²) >= 11 is 0. The Morgan fingerprint density at radius 2 is 2.05 bits per heavy atom. The lowest BCUT2D eigenvalue weighted by atomic mass is 9.85. The molecule has 2 fully saturated rings. The second-order valence-corrected chi connectivity index (χ2v) is 5.95. The molecule has 1 saturated heterocycles. The number of likely N-dealkylation sites (tertiary alicyclic amines) is 1. The number of rotatable bonds is 2. The van der Waals surface area contributed by atoms with E-state index in [1.54, 1.807) is 6.20 Å². The van der Waals surface area contributed by atoms with E-state index in [4.69, 9.17) is 0 Å². The van der Waals surface area contributed by atoms with Gasteiger partial charge in [-0.15, -0.1) is 0 Å². The van der Waals surface area contributed by atoms with Gasteiger partial charge in [0.2, 0.25) is 11.8 Å². The maximum atomic E-state index is 13.2. The first-order valence-corrected chi connectivity index (χ1v) is 7.51. The predicted octanol–water partition coefficient (Wildman–Crippen LogP) is 2.97. The highest BCUT2D eigenvalue weighted by Gasteiger charge is 2.41. The van der Waals surface area contributed by atoms with Crippen molar-refractivity contribution >= 4 is 5.91 Å². The Bertz CT molecular complexity index is 499. The van der Waals surface area contributed by atoms with Crippen molar-refractivity contribution in [1.82, 2.24) is 14.9 Å². The van der Waals surface area contributed by atoms with Gasteiger partial charge in [0.25, 0.3) is 0 Å². The van der Waals surface area contributed by atoms with Crippen LogP contribution in [0.25, 0.3) is 0 Å². The normalized spacial score (nSPS) is 26.0. The summed E-state index contributed by atoms with van der Waals surface area (Å²) in [6.07, 6.45) is 5.21. The third kappa shape index (κ3) is 3.04. The van der Waals surface area contributed by atoms with E-state index in [1.165, 1.54) is 6.33 Å². The van der Waals surface area contributed by atoms with Gasteiger partial charge in [-0.05, 0) is 31.7 Å². The van der Waals surface area contributed by atoms with E-state index in [0.717, 1.165) is 18.5 Å². The zero-order chi connectivity index (χ0) is 14.9. The molecular weight excluding hydrogens is 276 g/mol. The number of halogens is 2. The largest absolute Gasteiger partial charge is 0.334 e. The molecule has 6 heteroatoms. The Morgan fingerprint density at radius 1 is 1.29 bits per heavy atom. The van der Waals surface area contributed by atoms with Crippen molar-refractivity contribution in [2.24, 2.45) is 5.92 Å². The van der Waals surface area contributed by atoms with Gasteiger partial charge in [-0.1, -0.05) is 0 Å². The lowest BCUT2D eigenvalue weighted by molar-refractivity contribution is -0.140. The summed E-state index contributed by atoms with van der Waals surface area (Å²) in [5, 5.41) is 0. The number of amides is 1. The fourth-order valence-corrected chi connectivity index (χ4v) is 3.36. The van der Waals surface area contributed by atoms with Crippen molar-refractivity contribution < 1.29 is 13.6 Å². The van der Waals surface area contributed by atoms with E-state index in [-0.39, 0.29) is 30.7 Å². The minimum Gasteiger partial charge on any atom is -0.334 e. The molecule has 3 rings (SSSR count). The van der Waals surface area contributed by atoms with Gasteiger partial charge < -0.3 is 4.90 Å². The molecule has 4 nitrogen and oxygen atoms in total. The molecule has 0 spiro atoms. The number of alkyl halides is 2. The predicted molar refractivity (Wildman–Crippen MR) is 72.6 cm³/mol. The third-order valence-corrected chi connectivity index (χ3v) is 4.55. The average Bonchev–Trinajstić information content (AvgIpc) is 2.97. The summed E-state index contributed by atoms with van der Waals surface area (Å²) in [5.74, 6) is -2.83. The van der Waals surface area contributed by atoms with Crippen molar-refractivity contribution in [3.8, 4) is 0 Å². The molecule has 0 aromatic carbocycles. The fourth-order valence-electron chi connectivity index (χ4n) is 3.36. The van der Waals surface area contributed by atoms with Gasteiger partial charge in [-0.2, -0.15) is 0 Å². The number of carbonyl (C=O) groups is 1. The lowest BCUT2D eigenvalue weighted by Crippen LogP contribution is -2.39. The quantitative estimate of drug-likeness (QED) is 0.842. The van der Waals surface area contributed by atoms with Crippen LogP contribution in [0.2, 0.25) is 0 Å². The number of hydrogen-bond acceptors (Lipinski definition) is 3. The highest BCUT2D eigenvalue weighted by atomic mass is 19.3. The summed E-state index contributed by atoms with van der Waals surface area (Å²) in [4.78, 5) is 22.6. The van der Waals surface area contributed by atoms with Crippen LogP contribution in [-0.2, 0) is 4.79 Å². The van der Waals surface area contributed by atoms with Gasteiger partial charge in [0, 0.05) is 31.5 Å². The number of carbonyl (C=O) groups excluding carboxylic acids is 1. The smallest absolute Gasteiger partial charge is 0.248 e. The van der Waals surface area contributed by atoms with Crippen molar-refractivity contribution in [2.75, 3.05) is 6.54 Å². The SMILES string of the molecule is O=C(C1CCC(F)(F)CC1)N1CCCC1c1ccncn1. The van der Waals surface area contributed by atoms with E-state index < -0.39 is 5.92 Å². The van der Waals surface area contributed by atoms with Crippen molar-refractivity contribution in [3.05, 3.63) is 24.3 Å². The Kier molecular flexibility index (Phi) is 3.87. The molecule has 1 aromatic heterocycles. The Morgan fingerprint density at radius 3 is 2.71 bits per heavy atom. The van der Waals surface area contributed by atoms with Crippen LogP contribution in [0, 0.1) is 5.92 Å². The molecule has 1 amide bonds. The molecule has 1 unspecified atom stereocenters. The van der Waals surface area contributed by atoms with Crippen LogP contribution in [0.1, 0.15) is 50.3 Å². The standard InChI is InChI=1S/C15H19F2N3O/c16-15(17)6-3-11(4-7-15)14(21)20-9-1-2-13(20)12-5-8-18-10-19-12/h5,8,10-11,13H,1-4,6-7,9H2. The van der Waals surface area contributed by atoms with E-state index in [0.29, 0.717) is 19.4 Å². The summed E-state index contributed by atoms with van der Waals surface area (Å²) in [7, 11) is 0. The van der Waals surface area contributed by atoms with Crippen LogP contribution in [0.15, 0.2) is 18.6 Å². The molecule has 1 saturated carbocycles. The molecule has 2 heterocycles. The molecule has 114 valence electrons. The molecule has 1 aliphatic carbocycles. The maximum absolute atomic E-state index is 13.2. The Hall–Kier alpha value is -1.59. The molecule has 1 aliphatic heterocycles. The fraction of sp³-hybridized carbons (Fsp3) is 0.667. The molecule has 1 aromatic rings. The summed E-state index contributed by atoms with van der Waals surface area (Å²) in [5.41, 5.74) is 0.844. The molecule has 0 bridgehead atoms. The summed E-state index contributed by atoms with van der Waals surface area (Å²) < 4.78 is 26.4. The first-order chi connectivity index (χ1) is 10.1. The van der Waals surface area contributed by atoms with Crippen LogP contribution in [0.3, 0.4) is 0 Å². The van der Waals surface area contributed by atoms with Gasteiger partial charge >= 0.3 is 0 Å². The second-order valence-electron chi connectivity index (χ2n) is 5.95. The van der Waals surface area contributed by atoms with Crippen LogP contribution in [-0.4, -0.2) is 33.2 Å². The Labute approximate surface area is 122 Å². The summed E-state index contributed by atoms with van der Waals surface area (Å²) in [6.45, 7) is 0.695. The van der Waals surface area contributed by atoms with Gasteiger partial charge in [-0.3, -0.25) is 4.79 Å². The van der Waals surface area contributed by atoms with E-state index in [2.05, 4.69) is 9.97 Å². The van der Waals surface area contributed by atoms with Crippen LogP contribution in [0.5, 0.6) is 0 Å². The first kappa shape index (κ1) is 14.4. The van der Waals surface area contributed by atoms with Crippen molar-refractivity contribution in [3.63, 3.8) is 0 Å². The highest BCUT2D eigenvalue weighted by molar-refractivity contribution is 5.79. The van der Waals surface area contributed by atoms with Crippen LogP contribution >= 0.6 is 0 Å². The number of hydrogen-bond donors (Lipinski definition) is 0. The van der Waals surface area contributed by atoms with Crippen LogP contribution < -0.4 is 0 Å². The Balaban J connectivity index is 1.69. The third-order valence-electron chi connectivity index (χ3n) is 4.55. The zero-order valence-corrected chi connectivity index (χ0v) is 11.8. The van der Waals surface area contributed by atoms with E-state index in [1.807, 2.05) is 11.0 Å². The maximum Gasteiger partial charge on any atom is 0.248 e. The molecule has 0 N–H and O–H groups in total.